The Hall–Kier alpha value is -2.86. The quantitative estimate of drug-likeness (QED) is 0.394. The second-order valence-electron chi connectivity index (χ2n) is 7.83. The fraction of sp³-hybridized carbons (Fsp3) is 0.435. The van der Waals surface area contributed by atoms with Gasteiger partial charge in [-0.2, -0.15) is 0 Å². The van der Waals surface area contributed by atoms with Crippen LogP contribution in [0.3, 0.4) is 0 Å². The zero-order chi connectivity index (χ0) is 23.9. The first-order valence-corrected chi connectivity index (χ1v) is 11.9. The summed E-state index contributed by atoms with van der Waals surface area (Å²) in [5.41, 5.74) is 1.32. The molecule has 1 saturated heterocycles. The topological polar surface area (TPSA) is 107 Å². The van der Waals surface area contributed by atoms with E-state index in [1.165, 1.54) is 29.8 Å². The predicted octanol–water partition coefficient (Wildman–Crippen LogP) is 3.02. The minimum atomic E-state index is -0.423. The number of nitrogens with zero attached hydrogens (tertiary/aromatic N) is 2. The number of amides is 1. The molecule has 2 aromatic heterocycles. The van der Waals surface area contributed by atoms with E-state index in [4.69, 9.17) is 14.2 Å². The van der Waals surface area contributed by atoms with Crippen molar-refractivity contribution in [2.24, 2.45) is 0 Å². The second kappa shape index (κ2) is 11.5. The molecule has 1 aliphatic heterocycles. The van der Waals surface area contributed by atoms with Crippen molar-refractivity contribution < 1.29 is 23.4 Å². The smallest absolute Gasteiger partial charge is 0.261 e. The van der Waals surface area contributed by atoms with Gasteiger partial charge in [0.25, 0.3) is 5.91 Å². The van der Waals surface area contributed by atoms with Crippen LogP contribution >= 0.6 is 11.3 Å². The summed E-state index contributed by atoms with van der Waals surface area (Å²) in [5, 5.41) is 9.99. The minimum absolute atomic E-state index is 0.137. The van der Waals surface area contributed by atoms with Gasteiger partial charge in [0.2, 0.25) is 0 Å². The van der Waals surface area contributed by atoms with Crippen LogP contribution in [-0.4, -0.2) is 68.5 Å². The number of nitrogens with one attached hydrogen (secondary N) is 3. The molecule has 182 valence electrons. The van der Waals surface area contributed by atoms with E-state index in [9.17, 15) is 9.18 Å². The number of carbonyl (C=O) groups is 1. The first kappa shape index (κ1) is 24.3. The Labute approximate surface area is 201 Å². The van der Waals surface area contributed by atoms with Gasteiger partial charge < -0.3 is 30.2 Å². The maximum absolute atomic E-state index is 14.0. The molecule has 34 heavy (non-hydrogen) atoms. The van der Waals surface area contributed by atoms with Crippen molar-refractivity contribution in [3.63, 3.8) is 0 Å². The van der Waals surface area contributed by atoms with Crippen LogP contribution in [0.5, 0.6) is 5.75 Å². The average Bonchev–Trinajstić information content (AvgIpc) is 2.99. The van der Waals surface area contributed by atoms with Crippen molar-refractivity contribution in [2.75, 3.05) is 51.9 Å². The predicted molar refractivity (Wildman–Crippen MR) is 129 cm³/mol. The third kappa shape index (κ3) is 5.79. The molecule has 0 aliphatic carbocycles. The summed E-state index contributed by atoms with van der Waals surface area (Å²) in [4.78, 5) is 22.8. The van der Waals surface area contributed by atoms with Crippen molar-refractivity contribution in [1.82, 2.24) is 20.6 Å². The lowest BCUT2D eigenvalue weighted by atomic mass is 10.2. The van der Waals surface area contributed by atoms with Gasteiger partial charge in [-0.05, 0) is 44.6 Å². The summed E-state index contributed by atoms with van der Waals surface area (Å²) in [6.07, 6.45) is 1.91. The number of hydrogen-bond donors (Lipinski definition) is 3. The number of aryl methyl sites for hydroxylation is 1. The van der Waals surface area contributed by atoms with Gasteiger partial charge in [-0.1, -0.05) is 0 Å². The molecule has 0 bridgehead atoms. The van der Waals surface area contributed by atoms with E-state index in [1.54, 1.807) is 6.07 Å². The Kier molecular flexibility index (Phi) is 8.22. The number of ether oxygens (including phenoxy) is 3. The maximum atomic E-state index is 14.0. The summed E-state index contributed by atoms with van der Waals surface area (Å²) in [6.45, 7) is 4.97. The lowest BCUT2D eigenvalue weighted by Crippen LogP contribution is -2.26. The molecule has 11 heteroatoms. The van der Waals surface area contributed by atoms with Gasteiger partial charge in [0, 0.05) is 12.6 Å². The molecule has 0 spiro atoms. The highest BCUT2D eigenvalue weighted by Gasteiger charge is 2.21. The van der Waals surface area contributed by atoms with E-state index in [2.05, 4.69) is 25.9 Å². The highest BCUT2D eigenvalue weighted by Crippen LogP contribution is 2.36. The van der Waals surface area contributed by atoms with Gasteiger partial charge >= 0.3 is 0 Å². The number of fused-ring (bicyclic) bond motifs is 1. The van der Waals surface area contributed by atoms with Crippen LogP contribution in [0.25, 0.3) is 10.2 Å². The lowest BCUT2D eigenvalue weighted by molar-refractivity contribution is 0.0601. The molecule has 1 fully saturated rings. The van der Waals surface area contributed by atoms with Crippen LogP contribution in [0.15, 0.2) is 24.5 Å². The van der Waals surface area contributed by atoms with Crippen LogP contribution in [0, 0.1) is 12.7 Å². The Morgan fingerprint density at radius 1 is 1.24 bits per heavy atom. The molecule has 1 aliphatic rings. The summed E-state index contributed by atoms with van der Waals surface area (Å²) in [5.74, 6) is 0.272. The molecular formula is C23H28FN5O4S. The number of hydrogen-bond acceptors (Lipinski definition) is 9. The Bertz CT molecular complexity index is 1130. The van der Waals surface area contributed by atoms with E-state index in [0.717, 1.165) is 23.9 Å². The fourth-order valence-corrected chi connectivity index (χ4v) is 4.66. The average molecular weight is 490 g/mol. The van der Waals surface area contributed by atoms with Crippen molar-refractivity contribution in [3.8, 4) is 5.75 Å². The molecular weight excluding hydrogens is 461 g/mol. The number of aromatic nitrogens is 2. The highest BCUT2D eigenvalue weighted by molar-refractivity contribution is 7.20. The van der Waals surface area contributed by atoms with Crippen molar-refractivity contribution in [3.05, 3.63) is 40.8 Å². The van der Waals surface area contributed by atoms with Crippen molar-refractivity contribution in [1.29, 1.82) is 0 Å². The van der Waals surface area contributed by atoms with E-state index in [0.29, 0.717) is 59.9 Å². The molecule has 0 radical (unpaired) electrons. The van der Waals surface area contributed by atoms with E-state index >= 15 is 0 Å². The summed E-state index contributed by atoms with van der Waals surface area (Å²) in [6, 6.07) is 4.25. The molecule has 3 N–H and O–H groups in total. The zero-order valence-corrected chi connectivity index (χ0v) is 20.0. The molecule has 9 nitrogen and oxygen atoms in total. The van der Waals surface area contributed by atoms with Gasteiger partial charge in [-0.25, -0.2) is 14.4 Å². The molecule has 0 unspecified atom stereocenters. The largest absolute Gasteiger partial charge is 0.483 e. The molecule has 3 aromatic rings. The van der Waals surface area contributed by atoms with Gasteiger partial charge in [0.1, 0.15) is 34.6 Å². The van der Waals surface area contributed by atoms with Crippen LogP contribution < -0.4 is 20.7 Å². The summed E-state index contributed by atoms with van der Waals surface area (Å²) in [7, 11) is 1.88. The molecule has 4 rings (SSSR count). The third-order valence-corrected chi connectivity index (χ3v) is 6.49. The first-order valence-electron chi connectivity index (χ1n) is 11.1. The molecule has 1 aromatic carbocycles. The Morgan fingerprint density at radius 3 is 2.79 bits per heavy atom. The van der Waals surface area contributed by atoms with E-state index < -0.39 is 5.82 Å². The van der Waals surface area contributed by atoms with E-state index in [1.807, 2.05) is 14.0 Å². The maximum Gasteiger partial charge on any atom is 0.261 e. The van der Waals surface area contributed by atoms with Gasteiger partial charge in [0.05, 0.1) is 42.4 Å². The zero-order valence-electron chi connectivity index (χ0n) is 19.2. The first-order chi connectivity index (χ1) is 16.6. The number of carbonyl (C=O) groups excluding carboxylic acids is 1. The van der Waals surface area contributed by atoms with Crippen LogP contribution in [0.4, 0.5) is 15.9 Å². The molecule has 3 heterocycles. The normalized spacial score (nSPS) is 14.7. The monoisotopic (exact) mass is 489 g/mol. The van der Waals surface area contributed by atoms with Gasteiger partial charge in [0.15, 0.2) is 0 Å². The third-order valence-electron chi connectivity index (χ3n) is 5.29. The van der Waals surface area contributed by atoms with Gasteiger partial charge in [-0.3, -0.25) is 4.79 Å². The number of thiophene rings is 1. The van der Waals surface area contributed by atoms with E-state index in [-0.39, 0.29) is 12.0 Å². The molecule has 1 amide bonds. The minimum Gasteiger partial charge on any atom is -0.483 e. The number of rotatable bonds is 9. The van der Waals surface area contributed by atoms with Crippen LogP contribution in [0.1, 0.15) is 21.7 Å². The highest BCUT2D eigenvalue weighted by atomic mass is 32.1. The van der Waals surface area contributed by atoms with Crippen LogP contribution in [0.2, 0.25) is 0 Å². The number of anilines is 2. The fourth-order valence-electron chi connectivity index (χ4n) is 3.60. The molecule has 0 saturated carbocycles. The molecule has 0 atom stereocenters. The van der Waals surface area contributed by atoms with Crippen molar-refractivity contribution >= 4 is 39.0 Å². The Balaban J connectivity index is 1.59. The SMILES string of the molecule is CNCCCNC(=O)c1sc2ncnc(Nc3ccc(F)cc3OC3COCCOC3)c2c1C. The number of benzene rings is 1. The lowest BCUT2D eigenvalue weighted by Gasteiger charge is -2.19. The Morgan fingerprint density at radius 2 is 2.03 bits per heavy atom. The second-order valence-corrected chi connectivity index (χ2v) is 8.83. The number of halogens is 1. The van der Waals surface area contributed by atoms with Crippen LogP contribution in [-0.2, 0) is 9.47 Å². The summed E-state index contributed by atoms with van der Waals surface area (Å²) >= 11 is 1.31. The van der Waals surface area contributed by atoms with Crippen molar-refractivity contribution in [2.45, 2.75) is 19.4 Å². The summed E-state index contributed by atoms with van der Waals surface area (Å²) < 4.78 is 31.0. The standard InChI is InChI=1S/C23H28FN5O4S/c1-14-19-21(27-13-28-23(19)34-20(14)22(30)26-7-3-6-25-2)29-17-5-4-15(24)10-18(17)33-16-11-31-8-9-32-12-16/h4-5,10,13,16,25H,3,6-9,11-12H2,1-2H3,(H,26,30)(H,27,28,29). The van der Waals surface area contributed by atoms with Gasteiger partial charge in [-0.15, -0.1) is 11.3 Å².